The summed E-state index contributed by atoms with van der Waals surface area (Å²) in [6.07, 6.45) is 23.6. The van der Waals surface area contributed by atoms with Gasteiger partial charge in [-0.2, -0.15) is 0 Å². The van der Waals surface area contributed by atoms with Crippen LogP contribution in [0.4, 0.5) is 0 Å². The molecule has 354 valence electrons. The van der Waals surface area contributed by atoms with Crippen LogP contribution in [0, 0.1) is 0 Å². The van der Waals surface area contributed by atoms with Crippen LogP contribution in [-0.2, 0) is 0 Å². The molecule has 0 aliphatic carbocycles. The van der Waals surface area contributed by atoms with E-state index in [2.05, 4.69) is 108 Å². The SMILES string of the molecule is CCCCCCCCCCCCN1C(=O)c2cc(Br)cc3c(-c4ccc5c6c(Br)cc7c8c(cc(Br)c(c9cccc4c95)c86)C(=O)N(CCCCCCCCCCCC)C7=O)c(Br)cc(c23)C1=O. The molecule has 0 aromatic heterocycles. The molecule has 0 saturated heterocycles. The Morgan fingerprint density at radius 1 is 0.353 bits per heavy atom. The number of imide groups is 2. The van der Waals surface area contributed by atoms with Gasteiger partial charge in [-0.15, -0.1) is 0 Å². The Morgan fingerprint density at radius 2 is 0.765 bits per heavy atom. The number of benzene rings is 7. The van der Waals surface area contributed by atoms with Crippen LogP contribution in [-0.4, -0.2) is 46.5 Å². The van der Waals surface area contributed by atoms with Crippen LogP contribution >= 0.6 is 63.7 Å². The minimum absolute atomic E-state index is 0.240. The van der Waals surface area contributed by atoms with Crippen molar-refractivity contribution in [1.82, 2.24) is 9.80 Å². The predicted molar refractivity (Wildman–Crippen MR) is 296 cm³/mol. The molecule has 0 fully saturated rings. The smallest absolute Gasteiger partial charge is 0.261 e. The lowest BCUT2D eigenvalue weighted by atomic mass is 9.82. The number of hydrogen-bond donors (Lipinski definition) is 0. The molecule has 2 aliphatic heterocycles. The molecule has 0 spiro atoms. The fourth-order valence-electron chi connectivity index (χ4n) is 11.3. The Hall–Kier alpha value is -3.70. The lowest BCUT2D eigenvalue weighted by Gasteiger charge is -2.30. The number of amides is 4. The van der Waals surface area contributed by atoms with Crippen LogP contribution in [0.1, 0.15) is 184 Å². The number of carbonyl (C=O) groups excluding carboxylic acids is 4. The molecule has 0 bridgehead atoms. The normalized spacial score (nSPS) is 13.9. The number of nitrogens with zero attached hydrogens (tertiary/aromatic N) is 2. The van der Waals surface area contributed by atoms with Gasteiger partial charge in [-0.25, -0.2) is 0 Å². The summed E-state index contributed by atoms with van der Waals surface area (Å²) in [5.74, 6) is -0.979. The van der Waals surface area contributed by atoms with E-state index in [9.17, 15) is 19.2 Å². The van der Waals surface area contributed by atoms with E-state index < -0.39 is 0 Å². The highest BCUT2D eigenvalue weighted by Crippen LogP contribution is 2.52. The van der Waals surface area contributed by atoms with E-state index in [-0.39, 0.29) is 23.6 Å². The van der Waals surface area contributed by atoms with Gasteiger partial charge in [0, 0.05) is 85.7 Å². The number of halogens is 4. The van der Waals surface area contributed by atoms with Crippen molar-refractivity contribution in [2.75, 3.05) is 13.1 Å². The summed E-state index contributed by atoms with van der Waals surface area (Å²) in [7, 11) is 0. The third kappa shape index (κ3) is 9.23. The van der Waals surface area contributed by atoms with E-state index in [0.717, 1.165) is 111 Å². The fourth-order valence-corrected chi connectivity index (χ4v) is 13.7. The maximum atomic E-state index is 14.3. The monoisotopic (exact) mass is 1160 g/mol. The Labute approximate surface area is 434 Å². The maximum absolute atomic E-state index is 14.3. The summed E-state index contributed by atoms with van der Waals surface area (Å²) >= 11 is 15.6. The molecule has 0 radical (unpaired) electrons. The Kier molecular flexibility index (Phi) is 15.8. The van der Waals surface area contributed by atoms with E-state index in [1.54, 1.807) is 0 Å². The maximum Gasteiger partial charge on any atom is 0.261 e. The van der Waals surface area contributed by atoms with Crippen LogP contribution in [0.5, 0.6) is 0 Å². The molecule has 9 rings (SSSR count). The van der Waals surface area contributed by atoms with Crippen LogP contribution in [0.15, 0.2) is 78.6 Å². The molecule has 2 aliphatic rings. The fraction of sp³-hybridized carbons (Fsp3) is 0.414. The average molecular weight is 1170 g/mol. The summed E-state index contributed by atoms with van der Waals surface area (Å²) in [5.41, 5.74) is 3.99. The molecular formula is C58H60Br4N2O4. The van der Waals surface area contributed by atoms with Crippen molar-refractivity contribution >= 4 is 141 Å². The standard InChI is InChI=1S/C58H60Br4N2O4/c1-3-5-7-9-11-13-15-17-19-21-28-63-55(65)41-31-35(59)30-40-49(41)42(56(63)66)32-45(60)50(40)37-26-27-39-48-36(37)24-23-25-38(48)52-46(61)33-43-51-44(34-47(62)53(39)54(51)52)58(68)64(57(43)67)29-22-20-18-16-14-12-10-8-6-4-2/h23-27,30-34H,3-22,28-29H2,1-2H3. The first-order valence-electron chi connectivity index (χ1n) is 25.3. The molecule has 0 unspecified atom stereocenters. The van der Waals surface area contributed by atoms with Crippen molar-refractivity contribution in [2.24, 2.45) is 0 Å². The van der Waals surface area contributed by atoms with Crippen molar-refractivity contribution in [3.63, 3.8) is 0 Å². The number of hydrogen-bond acceptors (Lipinski definition) is 4. The summed E-state index contributed by atoms with van der Waals surface area (Å²) in [5, 5.41) is 9.00. The summed E-state index contributed by atoms with van der Waals surface area (Å²) in [6, 6.07) is 20.2. The average Bonchev–Trinajstić information content (AvgIpc) is 3.32. The van der Waals surface area contributed by atoms with Gasteiger partial charge < -0.3 is 0 Å². The second-order valence-corrected chi connectivity index (χ2v) is 22.7. The van der Waals surface area contributed by atoms with Gasteiger partial charge >= 0.3 is 0 Å². The molecule has 0 atom stereocenters. The van der Waals surface area contributed by atoms with Crippen molar-refractivity contribution in [3.05, 3.63) is 101 Å². The zero-order valence-corrected chi connectivity index (χ0v) is 45.7. The van der Waals surface area contributed by atoms with Gasteiger partial charge in [0.15, 0.2) is 0 Å². The largest absolute Gasteiger partial charge is 0.274 e. The summed E-state index contributed by atoms with van der Waals surface area (Å²) < 4.78 is 3.12. The minimum Gasteiger partial charge on any atom is -0.274 e. The van der Waals surface area contributed by atoms with Crippen molar-refractivity contribution < 1.29 is 19.2 Å². The van der Waals surface area contributed by atoms with E-state index in [4.69, 9.17) is 0 Å². The summed E-state index contributed by atoms with van der Waals surface area (Å²) in [4.78, 5) is 60.2. The number of unbranched alkanes of at least 4 members (excludes halogenated alkanes) is 18. The zero-order valence-electron chi connectivity index (χ0n) is 39.4. The number of rotatable bonds is 23. The molecule has 0 saturated carbocycles. The third-order valence-electron chi connectivity index (χ3n) is 14.7. The number of fused-ring (bicyclic) bond motifs is 2. The molecular weight excluding hydrogens is 1110 g/mol. The molecule has 7 aromatic carbocycles. The summed E-state index contributed by atoms with van der Waals surface area (Å²) in [6.45, 7) is 5.30. The topological polar surface area (TPSA) is 74.8 Å². The minimum atomic E-state index is -0.250. The Balaban J connectivity index is 1.04. The zero-order chi connectivity index (χ0) is 47.6. The molecule has 0 N–H and O–H groups in total. The van der Waals surface area contributed by atoms with Crippen LogP contribution in [0.3, 0.4) is 0 Å². The van der Waals surface area contributed by atoms with E-state index in [1.807, 2.05) is 30.3 Å². The second-order valence-electron chi connectivity index (χ2n) is 19.2. The first-order chi connectivity index (χ1) is 33.1. The van der Waals surface area contributed by atoms with Gasteiger partial charge in [0.25, 0.3) is 23.6 Å². The predicted octanol–water partition coefficient (Wildman–Crippen LogP) is 18.6. The van der Waals surface area contributed by atoms with Crippen LogP contribution < -0.4 is 0 Å². The van der Waals surface area contributed by atoms with Gasteiger partial charge in [-0.1, -0.05) is 223 Å². The van der Waals surface area contributed by atoms with E-state index in [0.29, 0.717) is 46.1 Å². The second kappa shape index (κ2) is 21.7. The van der Waals surface area contributed by atoms with Gasteiger partial charge in [0.05, 0.1) is 0 Å². The molecule has 68 heavy (non-hydrogen) atoms. The molecule has 7 aromatic rings. The first kappa shape index (κ1) is 49.3. The van der Waals surface area contributed by atoms with E-state index >= 15 is 0 Å². The van der Waals surface area contributed by atoms with Crippen LogP contribution in [0.25, 0.3) is 65.0 Å². The molecule has 10 heteroatoms. The van der Waals surface area contributed by atoms with E-state index in [1.165, 1.54) is 99.7 Å². The van der Waals surface area contributed by atoms with Gasteiger partial charge in [0.1, 0.15) is 0 Å². The van der Waals surface area contributed by atoms with Gasteiger partial charge in [0.2, 0.25) is 0 Å². The van der Waals surface area contributed by atoms with Crippen molar-refractivity contribution in [3.8, 4) is 11.1 Å². The number of carbonyl (C=O) groups is 4. The van der Waals surface area contributed by atoms with Gasteiger partial charge in [-0.3, -0.25) is 29.0 Å². The Bertz CT molecular complexity index is 3010. The highest BCUT2D eigenvalue weighted by atomic mass is 79.9. The highest BCUT2D eigenvalue weighted by molar-refractivity contribution is 9.11. The molecule has 2 heterocycles. The van der Waals surface area contributed by atoms with Gasteiger partial charge in [-0.05, 0) is 75.7 Å². The van der Waals surface area contributed by atoms with Crippen molar-refractivity contribution in [2.45, 2.75) is 142 Å². The Morgan fingerprint density at radius 3 is 1.26 bits per heavy atom. The van der Waals surface area contributed by atoms with Crippen LogP contribution in [0.2, 0.25) is 0 Å². The molecule has 4 amide bonds. The quantitative estimate of drug-likeness (QED) is 0.0277. The first-order valence-corrected chi connectivity index (χ1v) is 28.5. The molecule has 6 nitrogen and oxygen atoms in total. The van der Waals surface area contributed by atoms with Crippen molar-refractivity contribution in [1.29, 1.82) is 0 Å². The highest BCUT2D eigenvalue weighted by Gasteiger charge is 2.37. The third-order valence-corrected chi connectivity index (χ3v) is 17.0. The lowest BCUT2D eigenvalue weighted by molar-refractivity contribution is 0.0592. The lowest BCUT2D eigenvalue weighted by Crippen LogP contribution is -2.41.